The molecule has 0 amide bonds. The molecule has 1 saturated heterocycles. The minimum atomic E-state index is 0.218. The first-order chi connectivity index (χ1) is 8.22. The van der Waals surface area contributed by atoms with E-state index in [1.165, 1.54) is 0 Å². The fourth-order valence-electron chi connectivity index (χ4n) is 2.02. The van der Waals surface area contributed by atoms with Crippen molar-refractivity contribution < 1.29 is 4.52 Å². The topological polar surface area (TPSA) is 54.2 Å². The van der Waals surface area contributed by atoms with Gasteiger partial charge in [0, 0.05) is 25.2 Å². The summed E-state index contributed by atoms with van der Waals surface area (Å²) in [5, 5.41) is 7.43. The van der Waals surface area contributed by atoms with Crippen LogP contribution in [0, 0.1) is 0 Å². The van der Waals surface area contributed by atoms with Crippen LogP contribution in [-0.2, 0) is 0 Å². The maximum Gasteiger partial charge on any atom is 0.253 e. The van der Waals surface area contributed by atoms with Crippen molar-refractivity contribution in [3.8, 4) is 0 Å². The van der Waals surface area contributed by atoms with E-state index < -0.39 is 0 Å². The Morgan fingerprint density at radius 3 is 3.18 bits per heavy atom. The highest BCUT2D eigenvalue weighted by Gasteiger charge is 2.25. The van der Waals surface area contributed by atoms with Gasteiger partial charge in [-0.3, -0.25) is 4.90 Å². The second kappa shape index (κ2) is 5.42. The molecule has 1 atom stereocenters. The average Bonchev–Trinajstić information content (AvgIpc) is 2.79. The molecule has 1 aliphatic heterocycles. The van der Waals surface area contributed by atoms with Crippen molar-refractivity contribution in [1.29, 1.82) is 0 Å². The first-order valence-electron chi connectivity index (χ1n) is 6.14. The summed E-state index contributed by atoms with van der Waals surface area (Å²) >= 11 is 0. The molecule has 5 heteroatoms. The molecular weight excluding hydrogens is 216 g/mol. The maximum atomic E-state index is 5.30. The number of rotatable bonds is 3. The highest BCUT2D eigenvalue weighted by Crippen LogP contribution is 2.20. The molecule has 0 aliphatic carbocycles. The largest absolute Gasteiger partial charge is 0.334 e. The number of hydrogen-bond acceptors (Lipinski definition) is 5. The van der Waals surface area contributed by atoms with Gasteiger partial charge >= 0.3 is 0 Å². The van der Waals surface area contributed by atoms with Crippen LogP contribution in [0.1, 0.15) is 38.0 Å². The van der Waals surface area contributed by atoms with E-state index in [2.05, 4.69) is 40.4 Å². The summed E-state index contributed by atoms with van der Waals surface area (Å²) in [5.74, 6) is 1.42. The molecule has 0 aromatic carbocycles. The third kappa shape index (κ3) is 2.73. The zero-order valence-electron chi connectivity index (χ0n) is 10.7. The molecule has 0 radical (unpaired) electrons. The van der Waals surface area contributed by atoms with Crippen molar-refractivity contribution in [1.82, 2.24) is 20.4 Å². The fourth-order valence-corrected chi connectivity index (χ4v) is 2.02. The predicted octanol–water partition coefficient (Wildman–Crippen LogP) is 1.46. The molecule has 1 N–H and O–H groups in total. The Hall–Kier alpha value is -1.20. The Morgan fingerprint density at radius 1 is 1.65 bits per heavy atom. The van der Waals surface area contributed by atoms with Crippen molar-refractivity contribution in [3.05, 3.63) is 17.8 Å². The quantitative estimate of drug-likeness (QED) is 0.861. The van der Waals surface area contributed by atoms with E-state index in [4.69, 9.17) is 4.52 Å². The SMILES string of the molecule is CC/C=C(/C)c1nc(C2CNCCN2C)no1. The first kappa shape index (κ1) is 12.3. The van der Waals surface area contributed by atoms with Crippen LogP contribution in [0.4, 0.5) is 0 Å². The molecule has 1 unspecified atom stereocenters. The number of hydrogen-bond donors (Lipinski definition) is 1. The van der Waals surface area contributed by atoms with Crippen LogP contribution in [0.25, 0.3) is 5.57 Å². The van der Waals surface area contributed by atoms with Gasteiger partial charge < -0.3 is 9.84 Å². The Bertz CT molecular complexity index is 399. The monoisotopic (exact) mass is 236 g/mol. The van der Waals surface area contributed by atoms with Crippen molar-refractivity contribution in [2.45, 2.75) is 26.3 Å². The van der Waals surface area contributed by atoms with Crippen molar-refractivity contribution in [2.75, 3.05) is 26.7 Å². The Labute approximate surface area is 102 Å². The molecule has 17 heavy (non-hydrogen) atoms. The number of nitrogens with one attached hydrogen (secondary N) is 1. The zero-order chi connectivity index (χ0) is 12.3. The summed E-state index contributed by atoms with van der Waals surface area (Å²) in [5.41, 5.74) is 1.05. The van der Waals surface area contributed by atoms with Gasteiger partial charge in [0.2, 0.25) is 0 Å². The predicted molar refractivity (Wildman–Crippen MR) is 66.5 cm³/mol. The van der Waals surface area contributed by atoms with Crippen LogP contribution >= 0.6 is 0 Å². The van der Waals surface area contributed by atoms with Gasteiger partial charge in [0.05, 0.1) is 6.04 Å². The van der Waals surface area contributed by atoms with Crippen LogP contribution in [0.2, 0.25) is 0 Å². The third-order valence-electron chi connectivity index (χ3n) is 3.10. The van der Waals surface area contributed by atoms with Gasteiger partial charge in [-0.1, -0.05) is 18.2 Å². The maximum absolute atomic E-state index is 5.30. The number of aromatic nitrogens is 2. The smallest absolute Gasteiger partial charge is 0.253 e. The Balaban J connectivity index is 2.14. The molecule has 0 spiro atoms. The molecule has 1 aromatic rings. The van der Waals surface area contributed by atoms with Crippen LogP contribution in [-0.4, -0.2) is 41.7 Å². The lowest BCUT2D eigenvalue weighted by atomic mass is 10.2. The minimum Gasteiger partial charge on any atom is -0.334 e. The van der Waals surface area contributed by atoms with Gasteiger partial charge in [-0.2, -0.15) is 4.98 Å². The lowest BCUT2D eigenvalue weighted by Gasteiger charge is -2.30. The van der Waals surface area contributed by atoms with E-state index in [1.807, 2.05) is 6.92 Å². The summed E-state index contributed by atoms with van der Waals surface area (Å²) in [6, 6.07) is 0.218. The Morgan fingerprint density at radius 2 is 2.47 bits per heavy atom. The number of nitrogens with zero attached hydrogens (tertiary/aromatic N) is 3. The molecule has 2 rings (SSSR count). The minimum absolute atomic E-state index is 0.218. The van der Waals surface area contributed by atoms with Gasteiger partial charge in [0.25, 0.3) is 5.89 Å². The summed E-state index contributed by atoms with van der Waals surface area (Å²) in [6.45, 7) is 7.01. The van der Waals surface area contributed by atoms with E-state index in [1.54, 1.807) is 0 Å². The van der Waals surface area contributed by atoms with Crippen molar-refractivity contribution >= 4 is 5.57 Å². The molecule has 0 bridgehead atoms. The third-order valence-corrected chi connectivity index (χ3v) is 3.10. The van der Waals surface area contributed by atoms with Gasteiger partial charge in [-0.15, -0.1) is 0 Å². The summed E-state index contributed by atoms with van der Waals surface area (Å²) in [4.78, 5) is 6.73. The lowest BCUT2D eigenvalue weighted by molar-refractivity contribution is 0.190. The number of piperazine rings is 1. The molecule has 5 nitrogen and oxygen atoms in total. The van der Waals surface area contributed by atoms with Crippen LogP contribution in [0.5, 0.6) is 0 Å². The van der Waals surface area contributed by atoms with Crippen molar-refractivity contribution in [3.63, 3.8) is 0 Å². The highest BCUT2D eigenvalue weighted by atomic mass is 16.5. The van der Waals surface area contributed by atoms with Gasteiger partial charge in [-0.05, 0) is 20.4 Å². The van der Waals surface area contributed by atoms with Crippen molar-refractivity contribution in [2.24, 2.45) is 0 Å². The molecule has 1 aliphatic rings. The van der Waals surface area contributed by atoms with E-state index >= 15 is 0 Å². The van der Waals surface area contributed by atoms with Gasteiger partial charge in [-0.25, -0.2) is 0 Å². The van der Waals surface area contributed by atoms with E-state index in [0.717, 1.165) is 37.5 Å². The fraction of sp³-hybridized carbons (Fsp3) is 0.667. The summed E-state index contributed by atoms with van der Waals surface area (Å²) in [6.07, 6.45) is 3.08. The van der Waals surface area contributed by atoms with E-state index in [-0.39, 0.29) is 6.04 Å². The molecule has 0 saturated carbocycles. The Kier molecular flexibility index (Phi) is 3.91. The summed E-state index contributed by atoms with van der Waals surface area (Å²) < 4.78 is 5.30. The second-order valence-corrected chi connectivity index (χ2v) is 4.45. The number of likely N-dealkylation sites (N-methyl/N-ethyl adjacent to an activating group) is 1. The molecule has 94 valence electrons. The molecular formula is C12H20N4O. The lowest BCUT2D eigenvalue weighted by Crippen LogP contribution is -2.44. The first-order valence-corrected chi connectivity index (χ1v) is 6.14. The molecule has 1 fully saturated rings. The zero-order valence-corrected chi connectivity index (χ0v) is 10.7. The van der Waals surface area contributed by atoms with E-state index in [0.29, 0.717) is 5.89 Å². The van der Waals surface area contributed by atoms with E-state index in [9.17, 15) is 0 Å². The number of allylic oxidation sites excluding steroid dienone is 2. The van der Waals surface area contributed by atoms with Gasteiger partial charge in [0.1, 0.15) is 0 Å². The van der Waals surface area contributed by atoms with Crippen LogP contribution in [0.15, 0.2) is 10.6 Å². The average molecular weight is 236 g/mol. The second-order valence-electron chi connectivity index (χ2n) is 4.45. The van der Waals surface area contributed by atoms with Crippen LogP contribution in [0.3, 0.4) is 0 Å². The van der Waals surface area contributed by atoms with Gasteiger partial charge in [0.15, 0.2) is 5.82 Å². The standard InChI is InChI=1S/C12H20N4O/c1-4-5-9(2)12-14-11(15-17-12)10-8-13-6-7-16(10)3/h5,10,13H,4,6-8H2,1-3H3/b9-5-. The van der Waals surface area contributed by atoms with Crippen LogP contribution < -0.4 is 5.32 Å². The molecule has 1 aromatic heterocycles. The normalized spacial score (nSPS) is 23.0. The summed E-state index contributed by atoms with van der Waals surface area (Å²) in [7, 11) is 2.09. The molecule has 2 heterocycles. The highest BCUT2D eigenvalue weighted by molar-refractivity contribution is 5.55.